The first kappa shape index (κ1) is 11.5. The van der Waals surface area contributed by atoms with Crippen molar-refractivity contribution in [3.05, 3.63) is 35.9 Å². The molecule has 82 valence electrons. The Labute approximate surface area is 88.5 Å². The normalized spacial score (nSPS) is 9.73. The summed E-state index contributed by atoms with van der Waals surface area (Å²) in [4.78, 5) is 21.0. The van der Waals surface area contributed by atoms with E-state index in [1.165, 1.54) is 14.2 Å². The van der Waals surface area contributed by atoms with Crippen molar-refractivity contribution < 1.29 is 14.5 Å². The Bertz CT molecular complexity index is 303. The van der Waals surface area contributed by atoms with E-state index >= 15 is 0 Å². The molecule has 1 N–H and O–H groups in total. The zero-order valence-electron chi connectivity index (χ0n) is 8.77. The van der Waals surface area contributed by atoms with Gasteiger partial charge in [-0.3, -0.25) is 0 Å². The van der Waals surface area contributed by atoms with Crippen molar-refractivity contribution in [2.24, 2.45) is 0 Å². The Morgan fingerprint density at radius 1 is 1.40 bits per heavy atom. The van der Waals surface area contributed by atoms with Crippen molar-refractivity contribution >= 4 is 6.03 Å². The molecule has 0 spiro atoms. The zero-order chi connectivity index (χ0) is 11.1. The fourth-order valence-electron chi connectivity index (χ4n) is 0.993. The second-order valence-corrected chi connectivity index (χ2v) is 2.75. The number of hydrogen-bond donors (Lipinski definition) is 1. The molecule has 0 bridgehead atoms. The molecule has 5 nitrogen and oxygen atoms in total. The van der Waals surface area contributed by atoms with E-state index < -0.39 is 6.03 Å². The Hall–Kier alpha value is -1.59. The van der Waals surface area contributed by atoms with E-state index in [2.05, 4.69) is 5.32 Å². The lowest BCUT2D eigenvalue weighted by molar-refractivity contribution is -0.319. The van der Waals surface area contributed by atoms with E-state index in [0.717, 1.165) is 10.8 Å². The first-order valence-corrected chi connectivity index (χ1v) is 4.50. The average Bonchev–Trinajstić information content (AvgIpc) is 2.31. The molecule has 0 unspecified atom stereocenters. The van der Waals surface area contributed by atoms with Gasteiger partial charge in [0.15, 0.2) is 0 Å². The number of nitrogens with one attached hydrogen (secondary N) is 1. The second kappa shape index (κ2) is 6.00. The monoisotopic (exact) mass is 210 g/mol. The van der Waals surface area contributed by atoms with E-state index in [1.807, 2.05) is 30.3 Å². The van der Waals surface area contributed by atoms with Gasteiger partial charge in [-0.05, 0) is 5.56 Å². The second-order valence-electron chi connectivity index (χ2n) is 2.75. The molecule has 0 atom stereocenters. The lowest BCUT2D eigenvalue weighted by atomic mass is 10.2. The van der Waals surface area contributed by atoms with Crippen molar-refractivity contribution in [1.82, 2.24) is 10.5 Å². The van der Waals surface area contributed by atoms with Gasteiger partial charge in [-0.25, -0.2) is 14.5 Å². The van der Waals surface area contributed by atoms with Crippen LogP contribution in [-0.4, -0.2) is 25.4 Å². The predicted molar refractivity (Wildman–Crippen MR) is 54.5 cm³/mol. The highest BCUT2D eigenvalue weighted by atomic mass is 17.0. The highest BCUT2D eigenvalue weighted by Crippen LogP contribution is 2.03. The van der Waals surface area contributed by atoms with Gasteiger partial charge in [0.1, 0.15) is 6.61 Å². The Balaban J connectivity index is 2.44. The van der Waals surface area contributed by atoms with Gasteiger partial charge in [0.2, 0.25) is 0 Å². The smallest absolute Gasteiger partial charge is 0.337 e. The van der Waals surface area contributed by atoms with Crippen molar-refractivity contribution in [2.75, 3.05) is 14.2 Å². The first-order valence-electron chi connectivity index (χ1n) is 4.50. The number of urea groups is 1. The van der Waals surface area contributed by atoms with E-state index in [0.29, 0.717) is 0 Å². The molecule has 1 aromatic carbocycles. The molecule has 0 aliphatic heterocycles. The Kier molecular flexibility index (Phi) is 4.59. The molecule has 0 fully saturated rings. The van der Waals surface area contributed by atoms with Gasteiger partial charge in [-0.2, -0.15) is 0 Å². The molecule has 0 saturated heterocycles. The number of carbonyl (C=O) groups excluding carboxylic acids is 1. The molecule has 2 amide bonds. The molecule has 1 rings (SSSR count). The van der Waals surface area contributed by atoms with E-state index in [9.17, 15) is 4.79 Å². The molecule has 1 aromatic rings. The molecular weight excluding hydrogens is 196 g/mol. The maximum atomic E-state index is 11.1. The predicted octanol–water partition coefficient (Wildman–Crippen LogP) is 1.32. The summed E-state index contributed by atoms with van der Waals surface area (Å²) in [6, 6.07) is 9.06. The molecule has 0 saturated carbocycles. The third-order valence-corrected chi connectivity index (χ3v) is 1.74. The molecule has 0 aromatic heterocycles. The number of benzene rings is 1. The van der Waals surface area contributed by atoms with Crippen LogP contribution >= 0.6 is 0 Å². The lowest BCUT2D eigenvalue weighted by Crippen LogP contribution is -2.37. The summed E-state index contributed by atoms with van der Waals surface area (Å²) in [5.74, 6) is 0. The topological polar surface area (TPSA) is 50.8 Å². The largest absolute Gasteiger partial charge is 0.366 e. The number of hydroxylamine groups is 2. The summed E-state index contributed by atoms with van der Waals surface area (Å²) in [6.45, 7) is 0.280. The minimum Gasteiger partial charge on any atom is -0.337 e. The fourth-order valence-corrected chi connectivity index (χ4v) is 0.993. The molecule has 0 radical (unpaired) electrons. The molecule has 0 heterocycles. The van der Waals surface area contributed by atoms with Crippen molar-refractivity contribution in [3.63, 3.8) is 0 Å². The van der Waals surface area contributed by atoms with Crippen molar-refractivity contribution in [1.29, 1.82) is 0 Å². The summed E-state index contributed by atoms with van der Waals surface area (Å²) in [6.07, 6.45) is 0. The van der Waals surface area contributed by atoms with Crippen LogP contribution < -0.4 is 5.32 Å². The maximum Gasteiger partial charge on any atom is 0.366 e. The minimum absolute atomic E-state index is 0.280. The molecule has 5 heteroatoms. The average molecular weight is 210 g/mol. The number of amides is 2. The zero-order valence-corrected chi connectivity index (χ0v) is 8.77. The van der Waals surface area contributed by atoms with Crippen molar-refractivity contribution in [2.45, 2.75) is 6.61 Å². The number of nitrogens with zero attached hydrogens (tertiary/aromatic N) is 1. The number of rotatable bonds is 4. The third kappa shape index (κ3) is 3.57. The van der Waals surface area contributed by atoms with E-state index in [-0.39, 0.29) is 6.61 Å². The van der Waals surface area contributed by atoms with Crippen LogP contribution in [0, 0.1) is 0 Å². The summed E-state index contributed by atoms with van der Waals surface area (Å²) >= 11 is 0. The van der Waals surface area contributed by atoms with Crippen LogP contribution in [0.15, 0.2) is 30.3 Å². The van der Waals surface area contributed by atoms with Crippen molar-refractivity contribution in [3.8, 4) is 0 Å². The van der Waals surface area contributed by atoms with Gasteiger partial charge in [0.05, 0.1) is 7.11 Å². The molecule has 15 heavy (non-hydrogen) atoms. The standard InChI is InChI=1S/C10H14N2O3/c1-11-10(13)12(14-2)15-8-9-6-4-3-5-7-9/h3-7H,8H2,1-2H3,(H,11,13). The summed E-state index contributed by atoms with van der Waals surface area (Å²) in [5, 5.41) is 3.19. The van der Waals surface area contributed by atoms with Crippen LogP contribution in [0.1, 0.15) is 5.56 Å². The van der Waals surface area contributed by atoms with Gasteiger partial charge >= 0.3 is 6.03 Å². The SMILES string of the molecule is CNC(=O)N(OC)OCc1ccccc1. The Morgan fingerprint density at radius 2 is 2.07 bits per heavy atom. The van der Waals surface area contributed by atoms with Crippen LogP contribution in [0.3, 0.4) is 0 Å². The van der Waals surface area contributed by atoms with Gasteiger partial charge in [-0.15, -0.1) is 0 Å². The molecule has 0 aliphatic rings. The minimum atomic E-state index is -0.451. The Morgan fingerprint density at radius 3 is 2.60 bits per heavy atom. The van der Waals surface area contributed by atoms with Gasteiger partial charge < -0.3 is 5.32 Å². The summed E-state index contributed by atoms with van der Waals surface area (Å²) < 4.78 is 0. The van der Waals surface area contributed by atoms with Crippen LogP contribution in [0.2, 0.25) is 0 Å². The first-order chi connectivity index (χ1) is 7.27. The van der Waals surface area contributed by atoms with Gasteiger partial charge in [0.25, 0.3) is 0 Å². The molecule has 0 aliphatic carbocycles. The number of carbonyl (C=O) groups is 1. The summed E-state index contributed by atoms with van der Waals surface area (Å²) in [5.41, 5.74) is 0.962. The third-order valence-electron chi connectivity index (χ3n) is 1.74. The van der Waals surface area contributed by atoms with E-state index in [4.69, 9.17) is 9.68 Å². The number of hydrogen-bond acceptors (Lipinski definition) is 3. The van der Waals surface area contributed by atoms with Crippen LogP contribution in [0.5, 0.6) is 0 Å². The lowest BCUT2D eigenvalue weighted by Gasteiger charge is -2.17. The van der Waals surface area contributed by atoms with E-state index in [1.54, 1.807) is 0 Å². The molecular formula is C10H14N2O3. The quantitative estimate of drug-likeness (QED) is 0.762. The highest BCUT2D eigenvalue weighted by molar-refractivity contribution is 5.71. The van der Waals surface area contributed by atoms with Gasteiger partial charge in [0, 0.05) is 7.05 Å². The van der Waals surface area contributed by atoms with Crippen LogP contribution in [0.25, 0.3) is 0 Å². The highest BCUT2D eigenvalue weighted by Gasteiger charge is 2.11. The fraction of sp³-hybridized carbons (Fsp3) is 0.300. The van der Waals surface area contributed by atoms with Crippen LogP contribution in [0.4, 0.5) is 4.79 Å². The van der Waals surface area contributed by atoms with Gasteiger partial charge in [-0.1, -0.05) is 35.6 Å². The van der Waals surface area contributed by atoms with Crippen LogP contribution in [-0.2, 0) is 16.3 Å². The summed E-state index contributed by atoms with van der Waals surface area (Å²) in [7, 11) is 2.86. The maximum absolute atomic E-state index is 11.1.